The molecular formula is C21H29N5O7S. The van der Waals surface area contributed by atoms with Crippen molar-refractivity contribution < 1.29 is 27.6 Å². The number of sulfonamides is 1. The molecule has 3 rings (SSSR count). The molecule has 1 amide bonds. The van der Waals surface area contributed by atoms with E-state index in [9.17, 15) is 23.3 Å². The van der Waals surface area contributed by atoms with Crippen LogP contribution >= 0.6 is 0 Å². The van der Waals surface area contributed by atoms with Crippen LogP contribution in [-0.4, -0.2) is 66.3 Å². The second kappa shape index (κ2) is 10.5. The van der Waals surface area contributed by atoms with Crippen molar-refractivity contribution in [3.8, 4) is 11.6 Å². The minimum atomic E-state index is -4.14. The summed E-state index contributed by atoms with van der Waals surface area (Å²) in [6.45, 7) is 9.10. The maximum absolute atomic E-state index is 13.0. The number of amides is 1. The number of carbonyl (C=O) groups is 1. The molecule has 0 bridgehead atoms. The molecule has 1 fully saturated rings. The Labute approximate surface area is 198 Å². The first-order chi connectivity index (χ1) is 16.1. The van der Waals surface area contributed by atoms with Gasteiger partial charge in [-0.05, 0) is 33.3 Å². The first-order valence-electron chi connectivity index (χ1n) is 11.0. The van der Waals surface area contributed by atoms with E-state index >= 15 is 0 Å². The number of carbonyl (C=O) groups excluding carboxylic acids is 1. The van der Waals surface area contributed by atoms with Gasteiger partial charge in [0.25, 0.3) is 11.6 Å². The second-order valence-corrected chi connectivity index (χ2v) is 9.60. The normalized spacial score (nSPS) is 15.2. The molecule has 0 saturated carbocycles. The third kappa shape index (κ3) is 5.37. The summed E-state index contributed by atoms with van der Waals surface area (Å²) < 4.78 is 41.3. The quantitative estimate of drug-likeness (QED) is 0.412. The summed E-state index contributed by atoms with van der Waals surface area (Å²) in [7, 11) is -4.14. The van der Waals surface area contributed by atoms with Crippen molar-refractivity contribution in [1.29, 1.82) is 0 Å². The molecule has 1 atom stereocenters. The van der Waals surface area contributed by atoms with Crippen LogP contribution in [0.5, 0.6) is 11.6 Å². The van der Waals surface area contributed by atoms with E-state index in [2.05, 4.69) is 9.82 Å². The van der Waals surface area contributed by atoms with Crippen LogP contribution in [0.4, 0.5) is 5.69 Å². The Balaban J connectivity index is 2.04. The summed E-state index contributed by atoms with van der Waals surface area (Å²) >= 11 is 0. The molecule has 0 unspecified atom stereocenters. The standard InChI is InChI=1S/C21H29N5O7S/c1-5-14(3)23-34(30,31)18-13-16(26(28)29)7-8-17(18)33-21-15(4)19(22-25(21)6-2)20(27)24-9-11-32-12-10-24/h7-8,13-14,23H,5-6,9-12H2,1-4H3/t14-/m0/s1. The van der Waals surface area contributed by atoms with Crippen LogP contribution < -0.4 is 9.46 Å². The number of morpholine rings is 1. The third-order valence-electron chi connectivity index (χ3n) is 5.53. The Morgan fingerprint density at radius 2 is 2.00 bits per heavy atom. The Kier molecular flexibility index (Phi) is 7.89. The van der Waals surface area contributed by atoms with Crippen molar-refractivity contribution in [3.05, 3.63) is 39.6 Å². The highest BCUT2D eigenvalue weighted by Crippen LogP contribution is 2.35. The summed E-state index contributed by atoms with van der Waals surface area (Å²) in [5.74, 6) is -0.190. The number of benzene rings is 1. The fourth-order valence-corrected chi connectivity index (χ4v) is 4.89. The van der Waals surface area contributed by atoms with E-state index in [1.54, 1.807) is 25.7 Å². The first-order valence-corrected chi connectivity index (χ1v) is 12.5. The topological polar surface area (TPSA) is 146 Å². The van der Waals surface area contributed by atoms with Crippen molar-refractivity contribution >= 4 is 21.6 Å². The molecule has 1 saturated heterocycles. The molecular weight excluding hydrogens is 466 g/mol. The van der Waals surface area contributed by atoms with Crippen LogP contribution in [0.2, 0.25) is 0 Å². The highest BCUT2D eigenvalue weighted by Gasteiger charge is 2.29. The SMILES string of the molecule is CC[C@H](C)NS(=O)(=O)c1cc([N+](=O)[O-])ccc1Oc1c(C)c(C(=O)N2CCOCC2)nn1CC. The van der Waals surface area contributed by atoms with Gasteiger partial charge in [0.15, 0.2) is 5.69 Å². The molecule has 1 N–H and O–H groups in total. The lowest BCUT2D eigenvalue weighted by molar-refractivity contribution is -0.385. The smallest absolute Gasteiger partial charge is 0.274 e. The van der Waals surface area contributed by atoms with Crippen LogP contribution in [0.1, 0.15) is 43.2 Å². The zero-order chi connectivity index (χ0) is 25.0. The second-order valence-electron chi connectivity index (χ2n) is 7.92. The van der Waals surface area contributed by atoms with E-state index in [0.29, 0.717) is 44.8 Å². The van der Waals surface area contributed by atoms with E-state index in [1.807, 2.05) is 6.92 Å². The van der Waals surface area contributed by atoms with Gasteiger partial charge in [0.2, 0.25) is 15.9 Å². The first kappa shape index (κ1) is 25.6. The maximum Gasteiger partial charge on any atom is 0.274 e. The van der Waals surface area contributed by atoms with Crippen LogP contribution in [0.15, 0.2) is 23.1 Å². The average Bonchev–Trinajstić information content (AvgIpc) is 3.13. The Bertz CT molecular complexity index is 1170. The zero-order valence-electron chi connectivity index (χ0n) is 19.6. The molecule has 12 nitrogen and oxygen atoms in total. The minimum absolute atomic E-state index is 0.107. The lowest BCUT2D eigenvalue weighted by Gasteiger charge is -2.26. The number of rotatable bonds is 9. The van der Waals surface area contributed by atoms with Gasteiger partial charge in [-0.15, -0.1) is 0 Å². The van der Waals surface area contributed by atoms with Crippen molar-refractivity contribution in [2.24, 2.45) is 0 Å². The van der Waals surface area contributed by atoms with E-state index < -0.39 is 21.0 Å². The summed E-state index contributed by atoms with van der Waals surface area (Å²) in [6.07, 6.45) is 0.527. The van der Waals surface area contributed by atoms with E-state index in [-0.39, 0.29) is 33.8 Å². The molecule has 2 aromatic rings. The summed E-state index contributed by atoms with van der Waals surface area (Å²) in [4.78, 5) is 24.9. The maximum atomic E-state index is 13.0. The van der Waals surface area contributed by atoms with Gasteiger partial charge in [0, 0.05) is 43.4 Å². The fourth-order valence-electron chi connectivity index (χ4n) is 3.42. The zero-order valence-corrected chi connectivity index (χ0v) is 20.4. The average molecular weight is 496 g/mol. The van der Waals surface area contributed by atoms with E-state index in [4.69, 9.17) is 9.47 Å². The molecule has 1 aliphatic heterocycles. The molecule has 1 aliphatic rings. The molecule has 1 aromatic heterocycles. The number of ether oxygens (including phenoxy) is 2. The number of nitrogens with zero attached hydrogens (tertiary/aromatic N) is 4. The van der Waals surface area contributed by atoms with Gasteiger partial charge < -0.3 is 14.4 Å². The monoisotopic (exact) mass is 495 g/mol. The predicted octanol–water partition coefficient (Wildman–Crippen LogP) is 2.46. The molecule has 0 radical (unpaired) electrons. The summed E-state index contributed by atoms with van der Waals surface area (Å²) in [5, 5.41) is 15.7. The Morgan fingerprint density at radius 1 is 1.32 bits per heavy atom. The van der Waals surface area contributed by atoms with Gasteiger partial charge in [-0.2, -0.15) is 5.10 Å². The highest BCUT2D eigenvalue weighted by molar-refractivity contribution is 7.89. The molecule has 186 valence electrons. The summed E-state index contributed by atoms with van der Waals surface area (Å²) in [5.41, 5.74) is 0.249. The van der Waals surface area contributed by atoms with E-state index in [0.717, 1.165) is 6.07 Å². The lowest BCUT2D eigenvalue weighted by Crippen LogP contribution is -2.41. The largest absolute Gasteiger partial charge is 0.438 e. The number of non-ortho nitro benzene ring substituents is 1. The van der Waals surface area contributed by atoms with Gasteiger partial charge >= 0.3 is 0 Å². The Morgan fingerprint density at radius 3 is 2.59 bits per heavy atom. The number of nitro groups is 1. The van der Waals surface area contributed by atoms with Crippen molar-refractivity contribution in [1.82, 2.24) is 19.4 Å². The molecule has 0 spiro atoms. The summed E-state index contributed by atoms with van der Waals surface area (Å²) in [6, 6.07) is 2.97. The van der Waals surface area contributed by atoms with Gasteiger partial charge in [0.1, 0.15) is 10.6 Å². The van der Waals surface area contributed by atoms with Gasteiger partial charge in [-0.3, -0.25) is 14.9 Å². The fraction of sp³-hybridized carbons (Fsp3) is 0.524. The van der Waals surface area contributed by atoms with Crippen LogP contribution in [-0.2, 0) is 21.3 Å². The van der Waals surface area contributed by atoms with Gasteiger partial charge in [-0.25, -0.2) is 17.8 Å². The number of aryl methyl sites for hydroxylation is 1. The molecule has 0 aliphatic carbocycles. The third-order valence-corrected chi connectivity index (χ3v) is 7.15. The predicted molar refractivity (Wildman–Crippen MR) is 123 cm³/mol. The van der Waals surface area contributed by atoms with E-state index in [1.165, 1.54) is 16.8 Å². The Hall–Kier alpha value is -3.03. The molecule has 1 aromatic carbocycles. The molecule has 13 heteroatoms. The van der Waals surface area contributed by atoms with Crippen molar-refractivity contribution in [3.63, 3.8) is 0 Å². The van der Waals surface area contributed by atoms with Gasteiger partial charge in [-0.1, -0.05) is 6.92 Å². The lowest BCUT2D eigenvalue weighted by atomic mass is 10.2. The van der Waals surface area contributed by atoms with Crippen LogP contribution in [0.3, 0.4) is 0 Å². The number of hydrogen-bond donors (Lipinski definition) is 1. The highest BCUT2D eigenvalue weighted by atomic mass is 32.2. The number of hydrogen-bond acceptors (Lipinski definition) is 8. The minimum Gasteiger partial charge on any atom is -0.438 e. The molecule has 2 heterocycles. The van der Waals surface area contributed by atoms with Crippen LogP contribution in [0, 0.1) is 17.0 Å². The number of aromatic nitrogens is 2. The molecule has 34 heavy (non-hydrogen) atoms. The van der Waals surface area contributed by atoms with Crippen LogP contribution in [0.25, 0.3) is 0 Å². The number of nitro benzene ring substituents is 1. The van der Waals surface area contributed by atoms with Crippen molar-refractivity contribution in [2.45, 2.75) is 51.6 Å². The van der Waals surface area contributed by atoms with Crippen molar-refractivity contribution in [2.75, 3.05) is 26.3 Å². The van der Waals surface area contributed by atoms with Gasteiger partial charge in [0.05, 0.1) is 18.1 Å². The number of nitrogens with one attached hydrogen (secondary N) is 1.